The fourth-order valence-electron chi connectivity index (χ4n) is 1.71. The second kappa shape index (κ2) is 8.09. The molecule has 1 unspecified atom stereocenters. The maximum Gasteiger partial charge on any atom is 0.122 e. The van der Waals surface area contributed by atoms with Gasteiger partial charge < -0.3 is 14.8 Å². The largest absolute Gasteiger partial charge is 0.492 e. The third kappa shape index (κ3) is 5.20. The third-order valence-electron chi connectivity index (χ3n) is 2.62. The fraction of sp³-hybridized carbons (Fsp3) is 0.571. The molecule has 0 saturated heterocycles. The van der Waals surface area contributed by atoms with Crippen LogP contribution in [0.25, 0.3) is 0 Å². The summed E-state index contributed by atoms with van der Waals surface area (Å²) >= 11 is 0. The van der Waals surface area contributed by atoms with Gasteiger partial charge in [0.05, 0.1) is 6.61 Å². The zero-order chi connectivity index (χ0) is 12.5. The molecule has 0 amide bonds. The van der Waals surface area contributed by atoms with Gasteiger partial charge in [-0.15, -0.1) is 0 Å². The van der Waals surface area contributed by atoms with Crippen molar-refractivity contribution in [3.63, 3.8) is 0 Å². The number of rotatable bonds is 8. The van der Waals surface area contributed by atoms with Crippen LogP contribution in [0.1, 0.15) is 19.4 Å². The van der Waals surface area contributed by atoms with Crippen LogP contribution in [-0.2, 0) is 11.2 Å². The highest BCUT2D eigenvalue weighted by Gasteiger charge is 2.02. The molecule has 3 heteroatoms. The van der Waals surface area contributed by atoms with Crippen molar-refractivity contribution in [2.24, 2.45) is 0 Å². The molecular formula is C14H23NO2. The second-order valence-corrected chi connectivity index (χ2v) is 4.12. The standard InChI is InChI=1S/C14H23NO2/c1-4-13-7-5-6-8-14(13)17-10-9-15-12(2)11-16-3/h5-8,12,15H,4,9-11H2,1-3H3. The van der Waals surface area contributed by atoms with Crippen LogP contribution in [0.2, 0.25) is 0 Å². The quantitative estimate of drug-likeness (QED) is 0.703. The van der Waals surface area contributed by atoms with Gasteiger partial charge in [0.2, 0.25) is 0 Å². The Bertz CT molecular complexity index is 315. The van der Waals surface area contributed by atoms with E-state index < -0.39 is 0 Å². The highest BCUT2D eigenvalue weighted by molar-refractivity contribution is 5.33. The van der Waals surface area contributed by atoms with Gasteiger partial charge in [-0.1, -0.05) is 25.1 Å². The smallest absolute Gasteiger partial charge is 0.122 e. The Morgan fingerprint density at radius 3 is 2.76 bits per heavy atom. The Balaban J connectivity index is 2.26. The Kier molecular flexibility index (Phi) is 6.67. The van der Waals surface area contributed by atoms with E-state index in [-0.39, 0.29) is 0 Å². The minimum absolute atomic E-state index is 0.366. The summed E-state index contributed by atoms with van der Waals surface area (Å²) in [7, 11) is 1.71. The van der Waals surface area contributed by atoms with Gasteiger partial charge in [-0.2, -0.15) is 0 Å². The first-order valence-electron chi connectivity index (χ1n) is 6.21. The molecular weight excluding hydrogens is 214 g/mol. The van der Waals surface area contributed by atoms with Crippen molar-refractivity contribution in [1.29, 1.82) is 0 Å². The molecule has 0 aromatic heterocycles. The summed E-state index contributed by atoms with van der Waals surface area (Å²) in [4.78, 5) is 0. The first-order valence-corrected chi connectivity index (χ1v) is 6.21. The van der Waals surface area contributed by atoms with E-state index in [0.717, 1.165) is 25.3 Å². The number of ether oxygens (including phenoxy) is 2. The molecule has 0 spiro atoms. The maximum atomic E-state index is 5.75. The molecule has 1 atom stereocenters. The molecule has 17 heavy (non-hydrogen) atoms. The summed E-state index contributed by atoms with van der Waals surface area (Å²) in [6.07, 6.45) is 1.00. The minimum atomic E-state index is 0.366. The maximum absolute atomic E-state index is 5.75. The molecule has 1 rings (SSSR count). The molecule has 1 aromatic rings. The molecule has 0 saturated carbocycles. The Hall–Kier alpha value is -1.06. The molecule has 3 nitrogen and oxygen atoms in total. The third-order valence-corrected chi connectivity index (χ3v) is 2.62. The van der Waals surface area contributed by atoms with Crippen LogP contribution in [0.15, 0.2) is 24.3 Å². The summed E-state index contributed by atoms with van der Waals surface area (Å²) in [6, 6.07) is 8.55. The van der Waals surface area contributed by atoms with E-state index in [1.54, 1.807) is 7.11 Å². The van der Waals surface area contributed by atoms with Gasteiger partial charge >= 0.3 is 0 Å². The monoisotopic (exact) mass is 237 g/mol. The van der Waals surface area contributed by atoms with Crippen LogP contribution in [0.5, 0.6) is 5.75 Å². The van der Waals surface area contributed by atoms with E-state index in [4.69, 9.17) is 9.47 Å². The Morgan fingerprint density at radius 2 is 2.06 bits per heavy atom. The summed E-state index contributed by atoms with van der Waals surface area (Å²) in [5, 5.41) is 3.34. The number of aryl methyl sites for hydroxylation is 1. The molecule has 1 N–H and O–H groups in total. The molecule has 96 valence electrons. The lowest BCUT2D eigenvalue weighted by Gasteiger charge is -2.14. The van der Waals surface area contributed by atoms with Gasteiger partial charge in [-0.05, 0) is 25.0 Å². The van der Waals surface area contributed by atoms with Crippen LogP contribution in [0.4, 0.5) is 0 Å². The highest BCUT2D eigenvalue weighted by atomic mass is 16.5. The van der Waals surface area contributed by atoms with Crippen LogP contribution < -0.4 is 10.1 Å². The summed E-state index contributed by atoms with van der Waals surface area (Å²) in [5.41, 5.74) is 1.26. The van der Waals surface area contributed by atoms with Gasteiger partial charge in [0.25, 0.3) is 0 Å². The number of para-hydroxylation sites is 1. The van der Waals surface area contributed by atoms with Crippen LogP contribution in [0, 0.1) is 0 Å². The zero-order valence-electron chi connectivity index (χ0n) is 11.0. The van der Waals surface area contributed by atoms with Crippen molar-refractivity contribution < 1.29 is 9.47 Å². The van der Waals surface area contributed by atoms with Crippen LogP contribution in [-0.4, -0.2) is 32.9 Å². The van der Waals surface area contributed by atoms with Gasteiger partial charge in [-0.25, -0.2) is 0 Å². The van der Waals surface area contributed by atoms with E-state index in [9.17, 15) is 0 Å². The zero-order valence-corrected chi connectivity index (χ0v) is 11.0. The molecule has 0 radical (unpaired) electrons. The lowest BCUT2D eigenvalue weighted by molar-refractivity contribution is 0.169. The Morgan fingerprint density at radius 1 is 1.29 bits per heavy atom. The molecule has 0 aliphatic heterocycles. The lowest BCUT2D eigenvalue weighted by Crippen LogP contribution is -2.33. The van der Waals surface area contributed by atoms with Crippen molar-refractivity contribution >= 4 is 0 Å². The topological polar surface area (TPSA) is 30.5 Å². The van der Waals surface area contributed by atoms with E-state index >= 15 is 0 Å². The molecule has 0 aliphatic carbocycles. The molecule has 0 heterocycles. The molecule has 1 aromatic carbocycles. The predicted molar refractivity (Wildman–Crippen MR) is 70.7 cm³/mol. The first-order chi connectivity index (χ1) is 8.27. The number of nitrogens with one attached hydrogen (secondary N) is 1. The van der Waals surface area contributed by atoms with Crippen molar-refractivity contribution in [3.8, 4) is 5.75 Å². The summed E-state index contributed by atoms with van der Waals surface area (Å²) in [6.45, 7) is 6.49. The van der Waals surface area contributed by atoms with Crippen molar-refractivity contribution in [2.45, 2.75) is 26.3 Å². The van der Waals surface area contributed by atoms with E-state index in [1.807, 2.05) is 18.2 Å². The second-order valence-electron chi connectivity index (χ2n) is 4.12. The number of methoxy groups -OCH3 is 1. The summed E-state index contributed by atoms with van der Waals surface area (Å²) in [5.74, 6) is 0.996. The van der Waals surface area contributed by atoms with Crippen molar-refractivity contribution in [2.75, 3.05) is 26.9 Å². The molecule has 0 fully saturated rings. The van der Waals surface area contributed by atoms with Crippen molar-refractivity contribution in [3.05, 3.63) is 29.8 Å². The average Bonchev–Trinajstić information content (AvgIpc) is 2.35. The first kappa shape index (κ1) is 14.0. The minimum Gasteiger partial charge on any atom is -0.492 e. The van der Waals surface area contributed by atoms with Crippen molar-refractivity contribution in [1.82, 2.24) is 5.32 Å². The Labute approximate surface area is 104 Å². The van der Waals surface area contributed by atoms with Gasteiger partial charge in [0, 0.05) is 19.7 Å². The number of hydrogen-bond acceptors (Lipinski definition) is 3. The molecule has 0 aliphatic rings. The SMILES string of the molecule is CCc1ccccc1OCCNC(C)COC. The van der Waals surface area contributed by atoms with Gasteiger partial charge in [-0.3, -0.25) is 0 Å². The average molecular weight is 237 g/mol. The predicted octanol–water partition coefficient (Wildman–Crippen LogP) is 2.25. The van der Waals surface area contributed by atoms with Gasteiger partial charge in [0.1, 0.15) is 12.4 Å². The normalized spacial score (nSPS) is 12.4. The van der Waals surface area contributed by atoms with E-state index in [1.165, 1.54) is 5.56 Å². The summed E-state index contributed by atoms with van der Waals surface area (Å²) < 4.78 is 10.8. The van der Waals surface area contributed by atoms with E-state index in [0.29, 0.717) is 12.6 Å². The molecule has 0 bridgehead atoms. The fourth-order valence-corrected chi connectivity index (χ4v) is 1.71. The van der Waals surface area contributed by atoms with Crippen LogP contribution in [0.3, 0.4) is 0 Å². The van der Waals surface area contributed by atoms with Gasteiger partial charge in [0.15, 0.2) is 0 Å². The van der Waals surface area contributed by atoms with E-state index in [2.05, 4.69) is 25.2 Å². The van der Waals surface area contributed by atoms with Crippen LogP contribution >= 0.6 is 0 Å². The lowest BCUT2D eigenvalue weighted by atomic mass is 10.1. The highest BCUT2D eigenvalue weighted by Crippen LogP contribution is 2.17. The number of benzene rings is 1. The number of hydrogen-bond donors (Lipinski definition) is 1.